The van der Waals surface area contributed by atoms with Gasteiger partial charge in [-0.05, 0) is 73.9 Å². The molecule has 0 N–H and O–H groups in total. The maximum atomic E-state index is 4.12. The summed E-state index contributed by atoms with van der Waals surface area (Å²) < 4.78 is 0. The molecular formula is C25H32N2. The van der Waals surface area contributed by atoms with Gasteiger partial charge in [0.05, 0.1) is 0 Å². The number of benzene rings is 2. The summed E-state index contributed by atoms with van der Waals surface area (Å²) >= 11 is 0. The first kappa shape index (κ1) is 18.2. The summed E-state index contributed by atoms with van der Waals surface area (Å²) in [6.07, 6.45) is 10.1. The molecule has 2 heterocycles. The van der Waals surface area contributed by atoms with Crippen molar-refractivity contribution in [3.63, 3.8) is 0 Å². The minimum absolute atomic E-state index is 0.260. The molecule has 0 saturated carbocycles. The van der Waals surface area contributed by atoms with Crippen molar-refractivity contribution in [3.05, 3.63) is 72.3 Å². The van der Waals surface area contributed by atoms with Gasteiger partial charge in [0, 0.05) is 43.5 Å². The molecule has 2 aromatic carbocycles. The van der Waals surface area contributed by atoms with Gasteiger partial charge in [0.15, 0.2) is 0 Å². The van der Waals surface area contributed by atoms with E-state index in [1.165, 1.54) is 87.2 Å². The van der Waals surface area contributed by atoms with Crippen molar-refractivity contribution in [2.24, 2.45) is 0 Å². The molecule has 4 rings (SSSR count). The first-order valence-corrected chi connectivity index (χ1v) is 10.7. The van der Waals surface area contributed by atoms with E-state index >= 15 is 0 Å². The fourth-order valence-corrected chi connectivity index (χ4v) is 4.55. The average molecular weight is 361 g/mol. The molecule has 0 radical (unpaired) electrons. The highest BCUT2D eigenvalue weighted by Crippen LogP contribution is 2.30. The first-order chi connectivity index (χ1) is 13.3. The molecule has 2 nitrogen and oxygen atoms in total. The fraction of sp³-hybridized carbons (Fsp3) is 0.440. The Morgan fingerprint density at radius 1 is 0.593 bits per heavy atom. The Hall–Kier alpha value is -2.22. The van der Waals surface area contributed by atoms with E-state index in [4.69, 9.17) is 0 Å². The van der Waals surface area contributed by atoms with Gasteiger partial charge in [0.1, 0.15) is 0 Å². The normalized spacial score (nSPS) is 18.0. The Labute approximate surface area is 164 Å². The first-order valence-electron chi connectivity index (χ1n) is 10.7. The van der Waals surface area contributed by atoms with E-state index in [2.05, 4.69) is 71.0 Å². The van der Waals surface area contributed by atoms with Gasteiger partial charge in [-0.25, -0.2) is 0 Å². The minimum Gasteiger partial charge on any atom is -0.372 e. The third kappa shape index (κ3) is 4.21. The van der Waals surface area contributed by atoms with Crippen LogP contribution in [0.5, 0.6) is 0 Å². The van der Waals surface area contributed by atoms with Crippen molar-refractivity contribution >= 4 is 11.4 Å². The molecule has 2 aliphatic heterocycles. The van der Waals surface area contributed by atoms with Crippen LogP contribution in [-0.4, -0.2) is 26.2 Å². The highest BCUT2D eigenvalue weighted by Gasteiger charge is 2.15. The number of rotatable bonds is 5. The maximum absolute atomic E-state index is 4.12. The molecular weight excluding hydrogens is 328 g/mol. The van der Waals surface area contributed by atoms with E-state index < -0.39 is 0 Å². The van der Waals surface area contributed by atoms with E-state index in [1.54, 1.807) is 0 Å². The summed E-state index contributed by atoms with van der Waals surface area (Å²) in [4.78, 5) is 5.03. The topological polar surface area (TPSA) is 6.48 Å². The molecule has 0 aliphatic carbocycles. The van der Waals surface area contributed by atoms with Crippen LogP contribution in [0.15, 0.2) is 61.2 Å². The van der Waals surface area contributed by atoms with E-state index in [0.29, 0.717) is 0 Å². The zero-order valence-electron chi connectivity index (χ0n) is 16.4. The molecule has 0 amide bonds. The molecule has 2 heteroatoms. The van der Waals surface area contributed by atoms with Crippen molar-refractivity contribution < 1.29 is 0 Å². The van der Waals surface area contributed by atoms with Crippen molar-refractivity contribution in [2.75, 3.05) is 36.0 Å². The van der Waals surface area contributed by atoms with Crippen LogP contribution in [0.25, 0.3) is 0 Å². The molecule has 2 fully saturated rings. The lowest BCUT2D eigenvalue weighted by Crippen LogP contribution is -2.29. The molecule has 0 atom stereocenters. The van der Waals surface area contributed by atoms with E-state index in [1.807, 2.05) is 0 Å². The van der Waals surface area contributed by atoms with Crippen LogP contribution in [0.2, 0.25) is 0 Å². The number of hydrogen-bond acceptors (Lipinski definition) is 2. The molecule has 2 aliphatic rings. The van der Waals surface area contributed by atoms with Crippen LogP contribution in [-0.2, 0) is 0 Å². The van der Waals surface area contributed by atoms with Gasteiger partial charge in [-0.3, -0.25) is 0 Å². The van der Waals surface area contributed by atoms with Crippen molar-refractivity contribution in [3.8, 4) is 0 Å². The number of piperidine rings is 2. The molecule has 0 spiro atoms. The smallest absolute Gasteiger partial charge is 0.0366 e. The summed E-state index contributed by atoms with van der Waals surface area (Å²) in [6, 6.07) is 18.3. The Kier molecular flexibility index (Phi) is 5.81. The lowest BCUT2D eigenvalue weighted by molar-refractivity contribution is 0.578. The van der Waals surface area contributed by atoms with Gasteiger partial charge in [0.25, 0.3) is 0 Å². The second kappa shape index (κ2) is 8.65. The van der Waals surface area contributed by atoms with Crippen molar-refractivity contribution in [1.82, 2.24) is 0 Å². The Bertz CT molecular complexity index is 658. The van der Waals surface area contributed by atoms with Gasteiger partial charge in [-0.2, -0.15) is 0 Å². The predicted molar refractivity (Wildman–Crippen MR) is 117 cm³/mol. The Balaban J connectivity index is 1.48. The fourth-order valence-electron chi connectivity index (χ4n) is 4.55. The SMILES string of the molecule is C=CC(c1ccc(N2CCCCC2)cc1)c1ccc(N2CCCCC2)cc1. The second-order valence-electron chi connectivity index (χ2n) is 7.99. The Morgan fingerprint density at radius 3 is 1.30 bits per heavy atom. The minimum atomic E-state index is 0.260. The van der Waals surface area contributed by atoms with E-state index in [9.17, 15) is 0 Å². The summed E-state index contributed by atoms with van der Waals surface area (Å²) in [6.45, 7) is 8.90. The summed E-state index contributed by atoms with van der Waals surface area (Å²) in [5.41, 5.74) is 5.39. The molecule has 0 aromatic heterocycles. The number of nitrogens with zero attached hydrogens (tertiary/aromatic N) is 2. The molecule has 2 saturated heterocycles. The monoisotopic (exact) mass is 360 g/mol. The molecule has 142 valence electrons. The van der Waals surface area contributed by atoms with E-state index in [0.717, 1.165) is 0 Å². The lowest BCUT2D eigenvalue weighted by Gasteiger charge is -2.29. The van der Waals surface area contributed by atoms with Gasteiger partial charge in [-0.1, -0.05) is 30.3 Å². The summed E-state index contributed by atoms with van der Waals surface area (Å²) in [5.74, 6) is 0.260. The average Bonchev–Trinajstić information content (AvgIpc) is 2.76. The Morgan fingerprint density at radius 2 is 0.963 bits per heavy atom. The third-order valence-corrected chi connectivity index (χ3v) is 6.18. The van der Waals surface area contributed by atoms with Crippen LogP contribution in [0.4, 0.5) is 11.4 Å². The number of hydrogen-bond donors (Lipinski definition) is 0. The van der Waals surface area contributed by atoms with Gasteiger partial charge in [-0.15, -0.1) is 6.58 Å². The highest BCUT2D eigenvalue weighted by molar-refractivity contribution is 5.52. The molecule has 2 aromatic rings. The van der Waals surface area contributed by atoms with Crippen LogP contribution in [0.1, 0.15) is 55.6 Å². The quantitative estimate of drug-likeness (QED) is 0.605. The standard InChI is InChI=1S/C25H32N2/c1-2-25(21-9-13-23(14-10-21)26-17-5-3-6-18-26)22-11-15-24(16-12-22)27-19-7-4-8-20-27/h2,9-16,25H,1,3-8,17-20H2. The van der Waals surface area contributed by atoms with Crippen molar-refractivity contribution in [1.29, 1.82) is 0 Å². The third-order valence-electron chi connectivity index (χ3n) is 6.18. The van der Waals surface area contributed by atoms with Gasteiger partial charge < -0.3 is 9.80 Å². The highest BCUT2D eigenvalue weighted by atomic mass is 15.1. The van der Waals surface area contributed by atoms with E-state index in [-0.39, 0.29) is 5.92 Å². The number of allylic oxidation sites excluding steroid dienone is 1. The number of anilines is 2. The summed E-state index contributed by atoms with van der Waals surface area (Å²) in [7, 11) is 0. The van der Waals surface area contributed by atoms with Crippen LogP contribution in [0.3, 0.4) is 0 Å². The maximum Gasteiger partial charge on any atom is 0.0366 e. The zero-order chi connectivity index (χ0) is 18.5. The largest absolute Gasteiger partial charge is 0.372 e. The van der Waals surface area contributed by atoms with Gasteiger partial charge in [0.2, 0.25) is 0 Å². The molecule has 0 bridgehead atoms. The van der Waals surface area contributed by atoms with Crippen LogP contribution in [0, 0.1) is 0 Å². The zero-order valence-corrected chi connectivity index (χ0v) is 16.4. The molecule has 0 unspecified atom stereocenters. The molecule has 27 heavy (non-hydrogen) atoms. The summed E-state index contributed by atoms with van der Waals surface area (Å²) in [5, 5.41) is 0. The second-order valence-corrected chi connectivity index (χ2v) is 7.99. The van der Waals surface area contributed by atoms with Crippen LogP contribution >= 0.6 is 0 Å². The lowest BCUT2D eigenvalue weighted by atomic mass is 9.91. The van der Waals surface area contributed by atoms with Gasteiger partial charge >= 0.3 is 0 Å². The van der Waals surface area contributed by atoms with Crippen molar-refractivity contribution in [2.45, 2.75) is 44.4 Å². The predicted octanol–water partition coefficient (Wildman–Crippen LogP) is 5.99. The van der Waals surface area contributed by atoms with Crippen LogP contribution < -0.4 is 9.80 Å².